The topological polar surface area (TPSA) is 23.5 Å². The Labute approximate surface area is 81.8 Å². The van der Waals surface area contributed by atoms with Gasteiger partial charge in [-0.3, -0.25) is 0 Å². The van der Waals surface area contributed by atoms with Gasteiger partial charge in [-0.2, -0.15) is 5.06 Å². The van der Waals surface area contributed by atoms with Gasteiger partial charge >= 0.3 is 0 Å². The van der Waals surface area contributed by atoms with Crippen LogP contribution in [0.5, 0.6) is 0 Å². The van der Waals surface area contributed by atoms with E-state index in [0.29, 0.717) is 6.54 Å². The summed E-state index contributed by atoms with van der Waals surface area (Å²) in [6.07, 6.45) is 3.71. The van der Waals surface area contributed by atoms with E-state index in [-0.39, 0.29) is 0 Å². The number of hydrogen-bond acceptors (Lipinski definition) is 2. The first-order valence-corrected chi connectivity index (χ1v) is 4.43. The molecule has 0 aliphatic carbocycles. The second-order valence-electron chi connectivity index (χ2n) is 2.65. The van der Waals surface area contributed by atoms with Gasteiger partial charge in [-0.05, 0) is 12.5 Å². The van der Waals surface area contributed by atoms with Gasteiger partial charge in [0.15, 0.2) is 0 Å². The van der Waals surface area contributed by atoms with E-state index < -0.39 is 0 Å². The Morgan fingerprint density at radius 1 is 1.31 bits per heavy atom. The zero-order valence-electron chi connectivity index (χ0n) is 9.17. The minimum Gasteiger partial charge on any atom is -0.314 e. The highest BCUT2D eigenvalue weighted by Gasteiger charge is 1.91. The van der Waals surface area contributed by atoms with Crippen LogP contribution in [0.1, 0.15) is 20.8 Å². The molecule has 0 bridgehead atoms. The number of rotatable bonds is 4. The molecule has 13 heavy (non-hydrogen) atoms. The monoisotopic (exact) mass is 183 g/mol. The van der Waals surface area contributed by atoms with E-state index in [1.54, 1.807) is 7.05 Å². The molecule has 0 unspecified atom stereocenters. The van der Waals surface area contributed by atoms with E-state index in [4.69, 9.17) is 5.21 Å². The lowest BCUT2D eigenvalue weighted by molar-refractivity contribution is -0.0549. The molecule has 0 atom stereocenters. The molecule has 0 radical (unpaired) electrons. The van der Waals surface area contributed by atoms with Crippen LogP contribution in [0.3, 0.4) is 0 Å². The molecule has 0 amide bonds. The zero-order chi connectivity index (χ0) is 10.9. The molecule has 0 aromatic carbocycles. The van der Waals surface area contributed by atoms with Gasteiger partial charge < -0.3 is 5.21 Å². The fraction of sp³-hybridized carbons (Fsp3) is 0.455. The molecule has 0 spiro atoms. The second kappa shape index (κ2) is 9.23. The van der Waals surface area contributed by atoms with E-state index in [1.165, 1.54) is 0 Å². The zero-order valence-corrected chi connectivity index (χ0v) is 9.17. The molecule has 0 rings (SSSR count). The van der Waals surface area contributed by atoms with Crippen LogP contribution in [-0.4, -0.2) is 23.9 Å². The first kappa shape index (κ1) is 14.7. The van der Waals surface area contributed by atoms with Crippen molar-refractivity contribution in [3.63, 3.8) is 0 Å². The maximum atomic E-state index is 8.80. The van der Waals surface area contributed by atoms with Crippen molar-refractivity contribution >= 4 is 0 Å². The minimum absolute atomic E-state index is 0.462. The molecular formula is C11H21NO. The predicted octanol–water partition coefficient (Wildman–Crippen LogP) is 3.02. The highest BCUT2D eigenvalue weighted by Crippen LogP contribution is 1.97. The number of likely N-dealkylation sites (N-methyl/N-ethyl adjacent to an activating group) is 1. The average Bonchev–Trinajstić information content (AvgIpc) is 2.03. The lowest BCUT2D eigenvalue weighted by Gasteiger charge is -2.06. The number of nitrogens with zero attached hydrogens (tertiary/aromatic N) is 1. The maximum Gasteiger partial charge on any atom is 0.0479 e. The number of hydroxylamine groups is 2. The summed E-state index contributed by atoms with van der Waals surface area (Å²) in [5, 5.41) is 9.89. The third-order valence-electron chi connectivity index (χ3n) is 1.04. The molecule has 76 valence electrons. The summed E-state index contributed by atoms with van der Waals surface area (Å²) in [6.45, 7) is 13.8. The average molecular weight is 183 g/mol. The van der Waals surface area contributed by atoms with Crippen molar-refractivity contribution in [3.05, 3.63) is 36.5 Å². The van der Waals surface area contributed by atoms with Crippen LogP contribution in [0.15, 0.2) is 36.5 Å². The molecule has 2 nitrogen and oxygen atoms in total. The Kier molecular flexibility index (Phi) is 10.4. The van der Waals surface area contributed by atoms with Crippen LogP contribution in [0, 0.1) is 0 Å². The smallest absolute Gasteiger partial charge is 0.0479 e. The molecule has 0 saturated heterocycles. The normalized spacial score (nSPS) is 9.69. The predicted molar refractivity (Wildman–Crippen MR) is 58.9 cm³/mol. The van der Waals surface area contributed by atoms with Gasteiger partial charge in [-0.25, -0.2) is 0 Å². The van der Waals surface area contributed by atoms with Crippen molar-refractivity contribution < 1.29 is 5.21 Å². The van der Waals surface area contributed by atoms with E-state index in [0.717, 1.165) is 16.2 Å². The van der Waals surface area contributed by atoms with Crippen molar-refractivity contribution in [3.8, 4) is 0 Å². The maximum absolute atomic E-state index is 8.80. The summed E-state index contributed by atoms with van der Waals surface area (Å²) in [6, 6.07) is 0. The standard InChI is InChI=1S/C9H15NO.C2H6/c1-8(2)5-6-9(3)7-10(4)11;1-2/h5-6,11H,1,3,7H2,2,4H3;1-2H3/b6-5-;. The Morgan fingerprint density at radius 2 is 1.77 bits per heavy atom. The third-order valence-corrected chi connectivity index (χ3v) is 1.04. The van der Waals surface area contributed by atoms with Gasteiger partial charge in [0.2, 0.25) is 0 Å². The summed E-state index contributed by atoms with van der Waals surface area (Å²) < 4.78 is 0. The molecule has 0 aliphatic rings. The molecule has 0 heterocycles. The molecule has 0 aliphatic heterocycles. The SMILES string of the molecule is C=C(C)/C=C\C(=C)CN(C)O.CC. The van der Waals surface area contributed by atoms with Crippen LogP contribution in [0.4, 0.5) is 0 Å². The van der Waals surface area contributed by atoms with E-state index in [2.05, 4.69) is 13.2 Å². The third kappa shape index (κ3) is 14.0. The second-order valence-corrected chi connectivity index (χ2v) is 2.65. The Balaban J connectivity index is 0. The van der Waals surface area contributed by atoms with Crippen LogP contribution in [0.25, 0.3) is 0 Å². The van der Waals surface area contributed by atoms with Gasteiger partial charge in [0, 0.05) is 13.6 Å². The van der Waals surface area contributed by atoms with Gasteiger partial charge in [0.25, 0.3) is 0 Å². The van der Waals surface area contributed by atoms with Crippen LogP contribution < -0.4 is 0 Å². The van der Waals surface area contributed by atoms with Crippen LogP contribution in [-0.2, 0) is 0 Å². The molecule has 0 saturated carbocycles. The summed E-state index contributed by atoms with van der Waals surface area (Å²) in [5.41, 5.74) is 1.84. The van der Waals surface area contributed by atoms with Crippen molar-refractivity contribution in [2.45, 2.75) is 20.8 Å². The van der Waals surface area contributed by atoms with Crippen LogP contribution in [0.2, 0.25) is 0 Å². The molecule has 0 aromatic heterocycles. The number of hydrogen-bond donors (Lipinski definition) is 1. The van der Waals surface area contributed by atoms with Crippen LogP contribution >= 0.6 is 0 Å². The lowest BCUT2D eigenvalue weighted by atomic mass is 10.2. The molecular weight excluding hydrogens is 162 g/mol. The van der Waals surface area contributed by atoms with Crippen molar-refractivity contribution in [1.29, 1.82) is 0 Å². The molecule has 0 aromatic rings. The fourth-order valence-electron chi connectivity index (χ4n) is 0.607. The highest BCUT2D eigenvalue weighted by molar-refractivity contribution is 5.23. The molecule has 0 fully saturated rings. The summed E-state index contributed by atoms with van der Waals surface area (Å²) in [4.78, 5) is 0. The Morgan fingerprint density at radius 3 is 2.08 bits per heavy atom. The Hall–Kier alpha value is -0.860. The first-order chi connectivity index (χ1) is 6.02. The van der Waals surface area contributed by atoms with Crippen molar-refractivity contribution in [1.82, 2.24) is 5.06 Å². The van der Waals surface area contributed by atoms with E-state index in [9.17, 15) is 0 Å². The summed E-state index contributed by atoms with van der Waals surface area (Å²) in [7, 11) is 1.58. The minimum atomic E-state index is 0.462. The van der Waals surface area contributed by atoms with Crippen molar-refractivity contribution in [2.75, 3.05) is 13.6 Å². The largest absolute Gasteiger partial charge is 0.314 e. The molecule has 2 heteroatoms. The quantitative estimate of drug-likeness (QED) is 0.535. The Bertz CT molecular complexity index is 181. The summed E-state index contributed by atoms with van der Waals surface area (Å²) >= 11 is 0. The van der Waals surface area contributed by atoms with E-state index >= 15 is 0 Å². The fourth-order valence-corrected chi connectivity index (χ4v) is 0.607. The lowest BCUT2D eigenvalue weighted by Crippen LogP contribution is -2.14. The molecule has 1 N–H and O–H groups in total. The number of allylic oxidation sites excluding steroid dienone is 2. The highest BCUT2D eigenvalue weighted by atomic mass is 16.5. The van der Waals surface area contributed by atoms with Gasteiger partial charge in [-0.15, -0.1) is 0 Å². The van der Waals surface area contributed by atoms with Gasteiger partial charge in [-0.1, -0.05) is 44.7 Å². The van der Waals surface area contributed by atoms with E-state index in [1.807, 2.05) is 32.9 Å². The van der Waals surface area contributed by atoms with Gasteiger partial charge in [0.05, 0.1) is 0 Å². The van der Waals surface area contributed by atoms with Gasteiger partial charge in [0.1, 0.15) is 0 Å². The first-order valence-electron chi connectivity index (χ1n) is 4.43. The van der Waals surface area contributed by atoms with Crippen molar-refractivity contribution in [2.24, 2.45) is 0 Å². The summed E-state index contributed by atoms with van der Waals surface area (Å²) in [5.74, 6) is 0.